The summed E-state index contributed by atoms with van der Waals surface area (Å²) >= 11 is 0. The second-order valence-electron chi connectivity index (χ2n) is 5.10. The highest BCUT2D eigenvalue weighted by atomic mass is 16.5. The van der Waals surface area contributed by atoms with Gasteiger partial charge in [0.05, 0.1) is 12.3 Å². The van der Waals surface area contributed by atoms with E-state index in [0.29, 0.717) is 36.1 Å². The largest absolute Gasteiger partial charge is 0.492 e. The Morgan fingerprint density at radius 2 is 2.35 bits per heavy atom. The van der Waals surface area contributed by atoms with Crippen molar-refractivity contribution in [2.24, 2.45) is 5.92 Å². The SMILES string of the molecule is CCOc1ccc(C(=O)N2CCC(CCO)C2)cc1N. The van der Waals surface area contributed by atoms with Crippen LogP contribution in [0.1, 0.15) is 30.1 Å². The molecule has 2 rings (SSSR count). The Balaban J connectivity index is 2.04. The molecule has 5 heteroatoms. The molecule has 0 spiro atoms. The van der Waals surface area contributed by atoms with E-state index >= 15 is 0 Å². The summed E-state index contributed by atoms with van der Waals surface area (Å²) in [5.74, 6) is 1.02. The van der Waals surface area contributed by atoms with E-state index in [9.17, 15) is 4.79 Å². The number of likely N-dealkylation sites (tertiary alicyclic amines) is 1. The van der Waals surface area contributed by atoms with E-state index in [1.807, 2.05) is 11.8 Å². The number of amides is 1. The van der Waals surface area contributed by atoms with Gasteiger partial charge in [-0.2, -0.15) is 0 Å². The van der Waals surface area contributed by atoms with Gasteiger partial charge in [-0.25, -0.2) is 0 Å². The third kappa shape index (κ3) is 3.22. The van der Waals surface area contributed by atoms with Crippen LogP contribution in [0.25, 0.3) is 0 Å². The van der Waals surface area contributed by atoms with Gasteiger partial charge in [-0.1, -0.05) is 0 Å². The van der Waals surface area contributed by atoms with E-state index in [2.05, 4.69) is 0 Å². The van der Waals surface area contributed by atoms with E-state index in [1.54, 1.807) is 18.2 Å². The van der Waals surface area contributed by atoms with Crippen molar-refractivity contribution in [3.05, 3.63) is 23.8 Å². The summed E-state index contributed by atoms with van der Waals surface area (Å²) < 4.78 is 5.37. The molecule has 1 heterocycles. The molecule has 1 amide bonds. The Morgan fingerprint density at radius 3 is 3.00 bits per heavy atom. The fraction of sp³-hybridized carbons (Fsp3) is 0.533. The molecule has 0 bridgehead atoms. The van der Waals surface area contributed by atoms with Crippen LogP contribution >= 0.6 is 0 Å². The smallest absolute Gasteiger partial charge is 0.253 e. The number of aliphatic hydroxyl groups is 1. The van der Waals surface area contributed by atoms with Crippen LogP contribution in [0.15, 0.2) is 18.2 Å². The highest BCUT2D eigenvalue weighted by Gasteiger charge is 2.26. The highest BCUT2D eigenvalue weighted by Crippen LogP contribution is 2.25. The zero-order valence-corrected chi connectivity index (χ0v) is 11.8. The molecule has 1 fully saturated rings. The van der Waals surface area contributed by atoms with Crippen LogP contribution in [0, 0.1) is 5.92 Å². The molecule has 1 aliphatic heterocycles. The summed E-state index contributed by atoms with van der Waals surface area (Å²) in [4.78, 5) is 14.2. The van der Waals surface area contributed by atoms with Gasteiger partial charge in [-0.3, -0.25) is 4.79 Å². The fourth-order valence-corrected chi connectivity index (χ4v) is 2.59. The molecule has 110 valence electrons. The van der Waals surface area contributed by atoms with Crippen molar-refractivity contribution in [2.45, 2.75) is 19.8 Å². The summed E-state index contributed by atoms with van der Waals surface area (Å²) in [7, 11) is 0. The zero-order chi connectivity index (χ0) is 14.5. The summed E-state index contributed by atoms with van der Waals surface area (Å²) in [6.45, 7) is 4.09. The molecule has 5 nitrogen and oxygen atoms in total. The molecule has 20 heavy (non-hydrogen) atoms. The first-order chi connectivity index (χ1) is 9.65. The maximum absolute atomic E-state index is 12.4. The number of nitrogen functional groups attached to an aromatic ring is 1. The number of ether oxygens (including phenoxy) is 1. The molecule has 3 N–H and O–H groups in total. The lowest BCUT2D eigenvalue weighted by molar-refractivity contribution is 0.0785. The maximum atomic E-state index is 12.4. The Labute approximate surface area is 119 Å². The van der Waals surface area contributed by atoms with Gasteiger partial charge in [0.15, 0.2) is 0 Å². The Kier molecular flexibility index (Phi) is 4.84. The van der Waals surface area contributed by atoms with Gasteiger partial charge in [0.1, 0.15) is 5.75 Å². The summed E-state index contributed by atoms with van der Waals surface area (Å²) in [6.07, 6.45) is 1.72. The number of aliphatic hydroxyl groups excluding tert-OH is 1. The van der Waals surface area contributed by atoms with Crippen molar-refractivity contribution in [2.75, 3.05) is 32.0 Å². The van der Waals surface area contributed by atoms with Crippen LogP contribution in [0.4, 0.5) is 5.69 Å². The number of nitrogens with zero attached hydrogens (tertiary/aromatic N) is 1. The van der Waals surface area contributed by atoms with Gasteiger partial charge in [0.2, 0.25) is 0 Å². The molecule has 0 aromatic heterocycles. The molecule has 1 aliphatic rings. The zero-order valence-electron chi connectivity index (χ0n) is 11.8. The Bertz CT molecular complexity index is 476. The molecule has 0 saturated carbocycles. The summed E-state index contributed by atoms with van der Waals surface area (Å²) in [6, 6.07) is 5.17. The molecule has 0 aliphatic carbocycles. The number of anilines is 1. The first kappa shape index (κ1) is 14.7. The van der Waals surface area contributed by atoms with Crippen molar-refractivity contribution in [1.82, 2.24) is 4.90 Å². The van der Waals surface area contributed by atoms with Crippen molar-refractivity contribution in [3.63, 3.8) is 0 Å². The van der Waals surface area contributed by atoms with E-state index < -0.39 is 0 Å². The van der Waals surface area contributed by atoms with E-state index in [4.69, 9.17) is 15.6 Å². The van der Waals surface area contributed by atoms with Crippen LogP contribution in [0.2, 0.25) is 0 Å². The van der Waals surface area contributed by atoms with Crippen LogP contribution in [-0.2, 0) is 0 Å². The average molecular weight is 278 g/mol. The molecule has 0 radical (unpaired) electrons. The predicted octanol–water partition coefficient (Wildman–Crippen LogP) is 1.51. The van der Waals surface area contributed by atoms with Gasteiger partial charge in [0, 0.05) is 25.3 Å². The number of carbonyl (C=O) groups excluding carboxylic acids is 1. The second kappa shape index (κ2) is 6.61. The molecule has 1 unspecified atom stereocenters. The second-order valence-corrected chi connectivity index (χ2v) is 5.10. The first-order valence-corrected chi connectivity index (χ1v) is 7.08. The van der Waals surface area contributed by atoms with E-state index in [0.717, 1.165) is 19.4 Å². The number of rotatable bonds is 5. The third-order valence-electron chi connectivity index (χ3n) is 3.67. The predicted molar refractivity (Wildman–Crippen MR) is 77.7 cm³/mol. The maximum Gasteiger partial charge on any atom is 0.253 e. The fourth-order valence-electron chi connectivity index (χ4n) is 2.59. The van der Waals surface area contributed by atoms with Crippen molar-refractivity contribution < 1.29 is 14.6 Å². The van der Waals surface area contributed by atoms with Crippen molar-refractivity contribution in [3.8, 4) is 5.75 Å². The monoisotopic (exact) mass is 278 g/mol. The summed E-state index contributed by atoms with van der Waals surface area (Å²) in [5, 5.41) is 8.95. The molecular weight excluding hydrogens is 256 g/mol. The van der Waals surface area contributed by atoms with Crippen molar-refractivity contribution in [1.29, 1.82) is 0 Å². The lowest BCUT2D eigenvalue weighted by atomic mass is 10.1. The van der Waals surface area contributed by atoms with Crippen LogP contribution in [-0.4, -0.2) is 42.2 Å². The normalized spacial score (nSPS) is 18.3. The molecule has 1 aromatic rings. The van der Waals surface area contributed by atoms with Crippen LogP contribution in [0.5, 0.6) is 5.75 Å². The Morgan fingerprint density at radius 1 is 1.55 bits per heavy atom. The topological polar surface area (TPSA) is 75.8 Å². The number of hydrogen-bond donors (Lipinski definition) is 2. The van der Waals surface area contributed by atoms with E-state index in [-0.39, 0.29) is 12.5 Å². The lowest BCUT2D eigenvalue weighted by Crippen LogP contribution is -2.28. The van der Waals surface area contributed by atoms with Gasteiger partial charge < -0.3 is 20.5 Å². The van der Waals surface area contributed by atoms with Gasteiger partial charge in [-0.05, 0) is 43.9 Å². The van der Waals surface area contributed by atoms with Crippen molar-refractivity contribution >= 4 is 11.6 Å². The molecule has 1 atom stereocenters. The minimum absolute atomic E-state index is 0.000174. The van der Waals surface area contributed by atoms with Gasteiger partial charge in [0.25, 0.3) is 5.91 Å². The van der Waals surface area contributed by atoms with Crippen LogP contribution < -0.4 is 10.5 Å². The first-order valence-electron chi connectivity index (χ1n) is 7.08. The van der Waals surface area contributed by atoms with Gasteiger partial charge >= 0.3 is 0 Å². The third-order valence-corrected chi connectivity index (χ3v) is 3.67. The number of hydrogen-bond acceptors (Lipinski definition) is 4. The highest BCUT2D eigenvalue weighted by molar-refractivity contribution is 5.95. The number of nitrogens with two attached hydrogens (primary N) is 1. The Hall–Kier alpha value is -1.75. The summed E-state index contributed by atoms with van der Waals surface area (Å²) in [5.41, 5.74) is 6.97. The average Bonchev–Trinajstić information content (AvgIpc) is 2.89. The standard InChI is InChI=1S/C15H22N2O3/c1-2-20-14-4-3-12(9-13(14)16)15(19)17-7-5-11(10-17)6-8-18/h3-4,9,11,18H,2,5-8,10,16H2,1H3. The van der Waals surface area contributed by atoms with E-state index in [1.165, 1.54) is 0 Å². The molecule has 1 saturated heterocycles. The molecule has 1 aromatic carbocycles. The molecular formula is C15H22N2O3. The lowest BCUT2D eigenvalue weighted by Gasteiger charge is -2.17. The minimum atomic E-state index is 0.000174. The number of benzene rings is 1. The quantitative estimate of drug-likeness (QED) is 0.801. The number of carbonyl (C=O) groups is 1. The van der Waals surface area contributed by atoms with Gasteiger partial charge in [-0.15, -0.1) is 0 Å². The van der Waals surface area contributed by atoms with Crippen LogP contribution in [0.3, 0.4) is 0 Å². The minimum Gasteiger partial charge on any atom is -0.492 e.